The van der Waals surface area contributed by atoms with Crippen LogP contribution in [0.2, 0.25) is 0 Å². The lowest BCUT2D eigenvalue weighted by Crippen LogP contribution is -2.28. The molecule has 1 aromatic carbocycles. The molecule has 0 heterocycles. The normalized spacial score (nSPS) is 13.9. The van der Waals surface area contributed by atoms with E-state index >= 15 is 0 Å². The third-order valence-corrected chi connectivity index (χ3v) is 2.64. The third kappa shape index (κ3) is 2.40. The molecule has 0 unspecified atom stereocenters. The Morgan fingerprint density at radius 2 is 1.81 bits per heavy atom. The zero-order valence-electron chi connectivity index (χ0n) is 10.0. The molecule has 0 aliphatic heterocycles. The van der Waals surface area contributed by atoms with Gasteiger partial charge in [-0.15, -0.1) is 0 Å². The lowest BCUT2D eigenvalue weighted by molar-refractivity contribution is 0.312. The van der Waals surface area contributed by atoms with Crippen LogP contribution < -0.4 is 10.4 Å². The maximum absolute atomic E-state index is 7.31. The highest BCUT2D eigenvalue weighted by Crippen LogP contribution is 2.04. The minimum atomic E-state index is 0.658. The third-order valence-electron chi connectivity index (χ3n) is 2.64. The van der Waals surface area contributed by atoms with E-state index in [1.165, 1.54) is 6.21 Å². The molecule has 0 aliphatic carbocycles. The first-order valence-electron chi connectivity index (χ1n) is 5.12. The summed E-state index contributed by atoms with van der Waals surface area (Å²) in [6, 6.07) is 7.96. The standard InChI is InChI=1S/C14H17NO/c1-10(9-15)13-7-5-6-8-14(13)11(2)12(3)16-4/h5-9,15H,3H2,1-2,4H3/b13-10-,14-11+,15-9?. The van der Waals surface area contributed by atoms with E-state index in [0.717, 1.165) is 21.6 Å². The van der Waals surface area contributed by atoms with Gasteiger partial charge in [0.15, 0.2) is 0 Å². The molecule has 0 radical (unpaired) electrons. The molecule has 0 fully saturated rings. The topological polar surface area (TPSA) is 33.1 Å². The van der Waals surface area contributed by atoms with Crippen LogP contribution in [0, 0.1) is 5.41 Å². The van der Waals surface area contributed by atoms with E-state index in [4.69, 9.17) is 10.1 Å². The van der Waals surface area contributed by atoms with Crippen LogP contribution in [0.1, 0.15) is 13.8 Å². The van der Waals surface area contributed by atoms with Crippen molar-refractivity contribution in [1.29, 1.82) is 5.41 Å². The van der Waals surface area contributed by atoms with Crippen molar-refractivity contribution in [2.75, 3.05) is 7.11 Å². The van der Waals surface area contributed by atoms with Crippen molar-refractivity contribution < 1.29 is 4.74 Å². The average molecular weight is 215 g/mol. The minimum Gasteiger partial charge on any atom is -0.497 e. The average Bonchev–Trinajstić information content (AvgIpc) is 2.35. The molecule has 0 aliphatic rings. The second-order valence-electron chi connectivity index (χ2n) is 3.63. The first kappa shape index (κ1) is 12.2. The monoisotopic (exact) mass is 215 g/mol. The lowest BCUT2D eigenvalue weighted by atomic mass is 10.1. The van der Waals surface area contributed by atoms with Crippen LogP contribution in [-0.4, -0.2) is 13.3 Å². The first-order valence-corrected chi connectivity index (χ1v) is 5.12. The van der Waals surface area contributed by atoms with Crippen LogP contribution in [0.15, 0.2) is 36.6 Å². The molecule has 84 valence electrons. The second-order valence-corrected chi connectivity index (χ2v) is 3.63. The highest BCUT2D eigenvalue weighted by Gasteiger charge is 1.98. The molecule has 1 N–H and O–H groups in total. The number of ether oxygens (including phenoxy) is 1. The van der Waals surface area contributed by atoms with Crippen molar-refractivity contribution in [2.24, 2.45) is 0 Å². The molecule has 0 atom stereocenters. The largest absolute Gasteiger partial charge is 0.497 e. The van der Waals surface area contributed by atoms with Gasteiger partial charge in [0.2, 0.25) is 0 Å². The number of rotatable bonds is 3. The molecule has 1 aromatic rings. The number of allylic oxidation sites excluding steroid dienone is 1. The molecular weight excluding hydrogens is 198 g/mol. The molecule has 0 bridgehead atoms. The summed E-state index contributed by atoms with van der Waals surface area (Å²) in [4.78, 5) is 0. The Balaban J connectivity index is 3.71. The maximum Gasteiger partial charge on any atom is 0.115 e. The molecule has 1 rings (SSSR count). The Hall–Kier alpha value is -1.83. The summed E-state index contributed by atoms with van der Waals surface area (Å²) in [6.45, 7) is 7.75. The summed E-state index contributed by atoms with van der Waals surface area (Å²) in [7, 11) is 1.61. The van der Waals surface area contributed by atoms with Crippen molar-refractivity contribution in [3.63, 3.8) is 0 Å². The highest BCUT2D eigenvalue weighted by atomic mass is 16.5. The van der Waals surface area contributed by atoms with E-state index in [2.05, 4.69) is 6.58 Å². The summed E-state index contributed by atoms with van der Waals surface area (Å²) < 4.78 is 5.14. The van der Waals surface area contributed by atoms with Crippen LogP contribution in [0.5, 0.6) is 0 Å². The van der Waals surface area contributed by atoms with Gasteiger partial charge in [0.05, 0.1) is 7.11 Å². The SMILES string of the molecule is C=C(OC)/C(C)=c1\cccc\c1=C(/C)C=N. The molecule has 0 saturated heterocycles. The summed E-state index contributed by atoms with van der Waals surface area (Å²) >= 11 is 0. The zero-order valence-corrected chi connectivity index (χ0v) is 10.0. The number of nitrogens with one attached hydrogen (secondary N) is 1. The quantitative estimate of drug-likeness (QED) is 0.605. The van der Waals surface area contributed by atoms with Gasteiger partial charge in [0.1, 0.15) is 5.76 Å². The van der Waals surface area contributed by atoms with Gasteiger partial charge in [-0.25, -0.2) is 0 Å². The van der Waals surface area contributed by atoms with Gasteiger partial charge >= 0.3 is 0 Å². The van der Waals surface area contributed by atoms with Crippen LogP contribution in [-0.2, 0) is 4.74 Å². The predicted octanol–water partition coefficient (Wildman–Crippen LogP) is 1.84. The van der Waals surface area contributed by atoms with Crippen LogP contribution in [0.3, 0.4) is 0 Å². The Morgan fingerprint density at radius 1 is 1.25 bits per heavy atom. The van der Waals surface area contributed by atoms with Crippen molar-refractivity contribution in [2.45, 2.75) is 13.8 Å². The number of methoxy groups -OCH3 is 1. The van der Waals surface area contributed by atoms with Crippen molar-refractivity contribution in [1.82, 2.24) is 0 Å². The van der Waals surface area contributed by atoms with E-state index in [1.807, 2.05) is 38.1 Å². The molecule has 2 heteroatoms. The summed E-state index contributed by atoms with van der Waals surface area (Å²) in [5, 5.41) is 9.43. The summed E-state index contributed by atoms with van der Waals surface area (Å²) in [5.74, 6) is 0.658. The first-order chi connectivity index (χ1) is 7.61. The smallest absolute Gasteiger partial charge is 0.115 e. The molecular formula is C14H17NO. The van der Waals surface area contributed by atoms with Gasteiger partial charge in [-0.3, -0.25) is 0 Å². The fourth-order valence-electron chi connectivity index (χ4n) is 1.54. The molecule has 16 heavy (non-hydrogen) atoms. The number of benzene rings is 1. The van der Waals surface area contributed by atoms with Crippen molar-refractivity contribution in [3.8, 4) is 0 Å². The van der Waals surface area contributed by atoms with Gasteiger partial charge in [-0.2, -0.15) is 0 Å². The van der Waals surface area contributed by atoms with Gasteiger partial charge in [-0.05, 0) is 35.4 Å². The van der Waals surface area contributed by atoms with Gasteiger partial charge in [-0.1, -0.05) is 30.8 Å². The number of hydrogen-bond donors (Lipinski definition) is 1. The Labute approximate surface area is 96.1 Å². The lowest BCUT2D eigenvalue weighted by Gasteiger charge is -2.05. The van der Waals surface area contributed by atoms with E-state index in [1.54, 1.807) is 7.11 Å². The van der Waals surface area contributed by atoms with Gasteiger partial charge < -0.3 is 10.1 Å². The Bertz CT molecular complexity index is 526. The number of hydrogen-bond acceptors (Lipinski definition) is 2. The summed E-state index contributed by atoms with van der Waals surface area (Å²) in [5.41, 5.74) is 1.93. The van der Waals surface area contributed by atoms with Gasteiger partial charge in [0.25, 0.3) is 0 Å². The van der Waals surface area contributed by atoms with E-state index < -0.39 is 0 Å². The Morgan fingerprint density at radius 3 is 2.31 bits per heavy atom. The molecule has 0 amide bonds. The van der Waals surface area contributed by atoms with Crippen molar-refractivity contribution in [3.05, 3.63) is 47.0 Å². The molecule has 2 nitrogen and oxygen atoms in total. The second kappa shape index (κ2) is 5.31. The fraction of sp³-hybridized carbons (Fsp3) is 0.214. The predicted molar refractivity (Wildman–Crippen MR) is 68.8 cm³/mol. The molecule has 0 spiro atoms. The van der Waals surface area contributed by atoms with Gasteiger partial charge in [0, 0.05) is 6.21 Å². The maximum atomic E-state index is 7.31. The fourth-order valence-corrected chi connectivity index (χ4v) is 1.54. The van der Waals surface area contributed by atoms with E-state index in [0.29, 0.717) is 5.76 Å². The van der Waals surface area contributed by atoms with Crippen LogP contribution in [0.25, 0.3) is 11.1 Å². The molecule has 0 saturated carbocycles. The van der Waals surface area contributed by atoms with Crippen LogP contribution >= 0.6 is 0 Å². The van der Waals surface area contributed by atoms with E-state index in [-0.39, 0.29) is 0 Å². The Kier molecular flexibility index (Phi) is 4.06. The van der Waals surface area contributed by atoms with Crippen molar-refractivity contribution >= 4 is 17.4 Å². The minimum absolute atomic E-state index is 0.658. The highest BCUT2D eigenvalue weighted by molar-refractivity contribution is 5.99. The summed E-state index contributed by atoms with van der Waals surface area (Å²) in [6.07, 6.45) is 1.36. The van der Waals surface area contributed by atoms with E-state index in [9.17, 15) is 0 Å². The zero-order chi connectivity index (χ0) is 12.1. The van der Waals surface area contributed by atoms with Crippen LogP contribution in [0.4, 0.5) is 0 Å². The molecule has 0 aromatic heterocycles.